The molecule has 1 N–H and O–H groups in total. The number of aromatic nitrogens is 1. The van der Waals surface area contributed by atoms with Crippen molar-refractivity contribution in [3.8, 4) is 11.4 Å². The molecule has 0 aliphatic carbocycles. The fourth-order valence-electron chi connectivity index (χ4n) is 4.05. The molecule has 7 nitrogen and oxygen atoms in total. The van der Waals surface area contributed by atoms with Gasteiger partial charge in [0.25, 0.3) is 5.91 Å². The fraction of sp³-hybridized carbons (Fsp3) is 0.154. The van der Waals surface area contributed by atoms with E-state index in [4.69, 9.17) is 10.1 Å². The maximum atomic E-state index is 13.8. The molecule has 2 aliphatic heterocycles. The van der Waals surface area contributed by atoms with E-state index in [9.17, 15) is 9.18 Å². The molecule has 35 heavy (non-hydrogen) atoms. The van der Waals surface area contributed by atoms with Crippen molar-refractivity contribution in [3.63, 3.8) is 0 Å². The maximum absolute atomic E-state index is 13.8. The standard InChI is InChI=1S/C26H22FN5O2S/c1-15-7-4-5-10-22(15)34-14-23-30-32-24(28)21(25(33)29-26(32)35-23)12-18-11-16(2)31(17(18)3)20-9-6-8-19(27)13-20/h4-13,28H,14H2,1-3H3/b21-12+,28-24?. The molecule has 0 saturated carbocycles. The summed E-state index contributed by atoms with van der Waals surface area (Å²) < 4.78 is 21.6. The van der Waals surface area contributed by atoms with Crippen molar-refractivity contribution in [1.29, 1.82) is 5.41 Å². The number of amides is 1. The van der Waals surface area contributed by atoms with Crippen LogP contribution in [0, 0.1) is 32.0 Å². The molecule has 1 aromatic heterocycles. The summed E-state index contributed by atoms with van der Waals surface area (Å²) in [6.07, 6.45) is 1.64. The van der Waals surface area contributed by atoms with Crippen molar-refractivity contribution in [1.82, 2.24) is 9.58 Å². The lowest BCUT2D eigenvalue weighted by Gasteiger charge is -2.20. The molecule has 176 valence electrons. The molecule has 3 aromatic rings. The van der Waals surface area contributed by atoms with Gasteiger partial charge in [-0.2, -0.15) is 15.1 Å². The number of halogens is 1. The number of nitrogens with zero attached hydrogens (tertiary/aromatic N) is 4. The van der Waals surface area contributed by atoms with Crippen LogP contribution in [0.1, 0.15) is 22.5 Å². The van der Waals surface area contributed by atoms with Crippen molar-refractivity contribution < 1.29 is 13.9 Å². The second kappa shape index (κ2) is 8.99. The van der Waals surface area contributed by atoms with Gasteiger partial charge in [-0.3, -0.25) is 10.2 Å². The number of hydrazone groups is 1. The van der Waals surface area contributed by atoms with E-state index in [1.807, 2.05) is 61.7 Å². The van der Waals surface area contributed by atoms with Gasteiger partial charge < -0.3 is 9.30 Å². The zero-order valence-electron chi connectivity index (χ0n) is 19.4. The molecular weight excluding hydrogens is 465 g/mol. The number of carbonyl (C=O) groups is 1. The third-order valence-corrected chi connectivity index (χ3v) is 6.66. The molecule has 0 unspecified atom stereocenters. The van der Waals surface area contributed by atoms with E-state index < -0.39 is 5.91 Å². The number of ether oxygens (including phenoxy) is 1. The number of hydrogen-bond donors (Lipinski definition) is 1. The van der Waals surface area contributed by atoms with Gasteiger partial charge in [0.05, 0.1) is 5.57 Å². The summed E-state index contributed by atoms with van der Waals surface area (Å²) >= 11 is 1.22. The van der Waals surface area contributed by atoms with Gasteiger partial charge in [0, 0.05) is 17.1 Å². The maximum Gasteiger partial charge on any atom is 0.283 e. The fourth-order valence-corrected chi connectivity index (χ4v) is 4.85. The number of amidine groups is 2. The van der Waals surface area contributed by atoms with Gasteiger partial charge in [-0.15, -0.1) is 0 Å². The lowest BCUT2D eigenvalue weighted by molar-refractivity contribution is -0.114. The van der Waals surface area contributed by atoms with Gasteiger partial charge in [-0.05, 0) is 80.1 Å². The first-order chi connectivity index (χ1) is 16.8. The number of nitrogens with one attached hydrogen (secondary N) is 1. The third kappa shape index (κ3) is 4.30. The van der Waals surface area contributed by atoms with Crippen LogP contribution in [0.2, 0.25) is 0 Å². The summed E-state index contributed by atoms with van der Waals surface area (Å²) in [6, 6.07) is 15.9. The van der Waals surface area contributed by atoms with Crippen LogP contribution in [0.5, 0.6) is 5.75 Å². The molecule has 0 atom stereocenters. The van der Waals surface area contributed by atoms with E-state index in [0.717, 1.165) is 28.3 Å². The summed E-state index contributed by atoms with van der Waals surface area (Å²) in [5.74, 6) is -0.120. The van der Waals surface area contributed by atoms with Gasteiger partial charge >= 0.3 is 0 Å². The predicted octanol–water partition coefficient (Wildman–Crippen LogP) is 5.24. The molecule has 0 fully saturated rings. The van der Waals surface area contributed by atoms with E-state index in [0.29, 0.717) is 15.9 Å². The number of fused-ring (bicyclic) bond motifs is 1. The zero-order valence-corrected chi connectivity index (χ0v) is 20.2. The van der Waals surface area contributed by atoms with Crippen molar-refractivity contribution in [2.75, 3.05) is 6.61 Å². The number of carbonyl (C=O) groups excluding carboxylic acids is 1. The van der Waals surface area contributed by atoms with Crippen LogP contribution < -0.4 is 4.74 Å². The molecule has 0 saturated heterocycles. The average Bonchev–Trinajstić information content (AvgIpc) is 3.35. The van der Waals surface area contributed by atoms with Gasteiger partial charge in [0.15, 0.2) is 5.84 Å². The Bertz CT molecular complexity index is 1470. The average molecular weight is 488 g/mol. The monoisotopic (exact) mass is 487 g/mol. The van der Waals surface area contributed by atoms with Crippen LogP contribution in [-0.2, 0) is 4.79 Å². The number of hydrogen-bond acceptors (Lipinski definition) is 5. The molecule has 0 spiro atoms. The van der Waals surface area contributed by atoms with Crippen LogP contribution in [0.4, 0.5) is 4.39 Å². The normalized spacial score (nSPS) is 16.5. The Hall–Kier alpha value is -3.98. The summed E-state index contributed by atoms with van der Waals surface area (Å²) in [4.78, 5) is 17.0. The highest BCUT2D eigenvalue weighted by Gasteiger charge is 2.36. The Balaban J connectivity index is 1.41. The number of benzene rings is 2. The topological polar surface area (TPSA) is 83.0 Å². The summed E-state index contributed by atoms with van der Waals surface area (Å²) in [6.45, 7) is 5.97. The molecule has 5 rings (SSSR count). The molecule has 2 aromatic carbocycles. The van der Waals surface area contributed by atoms with E-state index in [-0.39, 0.29) is 23.8 Å². The van der Waals surface area contributed by atoms with Gasteiger partial charge in [-0.1, -0.05) is 24.3 Å². The van der Waals surface area contributed by atoms with E-state index >= 15 is 0 Å². The van der Waals surface area contributed by atoms with Crippen molar-refractivity contribution in [2.45, 2.75) is 20.8 Å². The van der Waals surface area contributed by atoms with Crippen molar-refractivity contribution in [3.05, 3.63) is 88.5 Å². The minimum absolute atomic E-state index is 0.0473. The zero-order chi connectivity index (χ0) is 24.7. The van der Waals surface area contributed by atoms with Crippen LogP contribution in [0.3, 0.4) is 0 Å². The second-order valence-corrected chi connectivity index (χ2v) is 9.25. The number of para-hydroxylation sites is 1. The molecular formula is C26H22FN5O2S. The Morgan fingerprint density at radius 1 is 1.11 bits per heavy atom. The molecule has 0 radical (unpaired) electrons. The quantitative estimate of drug-likeness (QED) is 0.499. The minimum Gasteiger partial charge on any atom is -0.486 e. The summed E-state index contributed by atoms with van der Waals surface area (Å²) in [5, 5.41) is 15.4. The number of thioether (sulfide) groups is 1. The van der Waals surface area contributed by atoms with E-state index in [2.05, 4.69) is 10.1 Å². The number of aliphatic imine (C=N–C) groups is 1. The first-order valence-electron chi connectivity index (χ1n) is 10.9. The van der Waals surface area contributed by atoms with E-state index in [1.54, 1.807) is 12.1 Å². The van der Waals surface area contributed by atoms with Crippen LogP contribution in [0.25, 0.3) is 11.8 Å². The molecule has 1 amide bonds. The molecule has 3 heterocycles. The lowest BCUT2D eigenvalue weighted by atomic mass is 10.1. The smallest absolute Gasteiger partial charge is 0.283 e. The molecule has 9 heteroatoms. The predicted molar refractivity (Wildman–Crippen MR) is 137 cm³/mol. The van der Waals surface area contributed by atoms with Gasteiger partial charge in [0.1, 0.15) is 23.2 Å². The highest BCUT2D eigenvalue weighted by atomic mass is 32.2. The second-order valence-electron chi connectivity index (χ2n) is 8.21. The van der Waals surface area contributed by atoms with Crippen LogP contribution in [-0.4, -0.2) is 38.1 Å². The summed E-state index contributed by atoms with van der Waals surface area (Å²) in [5.41, 5.74) is 4.28. The largest absolute Gasteiger partial charge is 0.486 e. The lowest BCUT2D eigenvalue weighted by Crippen LogP contribution is -2.35. The molecule has 0 bridgehead atoms. The minimum atomic E-state index is -0.499. The highest BCUT2D eigenvalue weighted by Crippen LogP contribution is 2.30. The SMILES string of the molecule is Cc1ccccc1OCC1=NN2C(=N)/C(=C\c3cc(C)n(-c4cccc(F)c4)c3C)C(=O)N=C2S1. The van der Waals surface area contributed by atoms with Gasteiger partial charge in [0.2, 0.25) is 5.17 Å². The number of aryl methyl sites for hydroxylation is 2. The van der Waals surface area contributed by atoms with Crippen LogP contribution in [0.15, 0.2) is 70.3 Å². The first-order valence-corrected chi connectivity index (χ1v) is 11.8. The van der Waals surface area contributed by atoms with Crippen LogP contribution >= 0.6 is 11.8 Å². The highest BCUT2D eigenvalue weighted by molar-refractivity contribution is 8.27. The Kier molecular flexibility index (Phi) is 5.86. The summed E-state index contributed by atoms with van der Waals surface area (Å²) in [7, 11) is 0. The first kappa shape index (κ1) is 22.8. The Labute approximate surface area is 206 Å². The third-order valence-electron chi connectivity index (χ3n) is 5.78. The van der Waals surface area contributed by atoms with Gasteiger partial charge in [-0.25, -0.2) is 4.39 Å². The van der Waals surface area contributed by atoms with Crippen molar-refractivity contribution >= 4 is 39.8 Å². The van der Waals surface area contributed by atoms with Crippen molar-refractivity contribution in [2.24, 2.45) is 10.1 Å². The Morgan fingerprint density at radius 2 is 1.91 bits per heavy atom. The number of rotatable bonds is 5. The van der Waals surface area contributed by atoms with E-state index in [1.165, 1.54) is 28.9 Å². The Morgan fingerprint density at radius 3 is 2.69 bits per heavy atom. The molecule has 2 aliphatic rings.